The summed E-state index contributed by atoms with van der Waals surface area (Å²) >= 11 is 8.48. The molecule has 0 aliphatic carbocycles. The van der Waals surface area contributed by atoms with Gasteiger partial charge in [0.05, 0.1) is 19.2 Å². The fourth-order valence-electron chi connectivity index (χ4n) is 3.52. The lowest BCUT2D eigenvalue weighted by Crippen LogP contribution is -2.43. The number of halogens is 1. The summed E-state index contributed by atoms with van der Waals surface area (Å²) in [4.78, 5) is 25.6. The smallest absolute Gasteiger partial charge is 0.318 e. The second-order valence-electron chi connectivity index (χ2n) is 6.44. The molecule has 0 bridgehead atoms. The molecule has 1 aromatic rings. The van der Waals surface area contributed by atoms with E-state index in [1.54, 1.807) is 0 Å². The van der Waals surface area contributed by atoms with E-state index in [1.165, 1.54) is 7.11 Å². The van der Waals surface area contributed by atoms with Crippen LogP contribution in [0.4, 0.5) is 4.79 Å². The highest BCUT2D eigenvalue weighted by atomic mass is 35.5. The molecule has 136 valence electrons. The quantitative estimate of drug-likeness (QED) is 0.447. The molecule has 3 rings (SSSR count). The monoisotopic (exact) mass is 382 g/mol. The van der Waals surface area contributed by atoms with Crippen LogP contribution in [0.2, 0.25) is 0 Å². The standard InChI is InChI=1S/C18H23ClN2O3S/c1-24-15(22)9-5-8-13(19)17-16-14(11-25-17)20-18(23)21(16)10-12-6-3-2-4-7-12/h2-4,6-7,13-14,16-17H,5,8-11H2,1H3,(H,20,23). The number of ether oxygens (including phenoxy) is 1. The van der Waals surface area contributed by atoms with Gasteiger partial charge in [-0.1, -0.05) is 30.3 Å². The van der Waals surface area contributed by atoms with Gasteiger partial charge in [-0.05, 0) is 18.4 Å². The molecular formula is C18H23ClN2O3S. The van der Waals surface area contributed by atoms with Crippen molar-refractivity contribution in [1.29, 1.82) is 0 Å². The minimum absolute atomic E-state index is 0.0115. The number of fused-ring (bicyclic) bond motifs is 1. The molecule has 0 spiro atoms. The van der Waals surface area contributed by atoms with E-state index in [2.05, 4.69) is 10.1 Å². The third-order valence-corrected chi connectivity index (χ3v) is 6.97. The van der Waals surface area contributed by atoms with E-state index in [1.807, 2.05) is 47.0 Å². The Hall–Kier alpha value is -1.40. The van der Waals surface area contributed by atoms with Crippen LogP contribution >= 0.6 is 23.4 Å². The average Bonchev–Trinajstić information content (AvgIpc) is 3.15. The average molecular weight is 383 g/mol. The van der Waals surface area contributed by atoms with Gasteiger partial charge in [-0.2, -0.15) is 11.8 Å². The molecule has 25 heavy (non-hydrogen) atoms. The predicted octanol–water partition coefficient (Wildman–Crippen LogP) is 3.02. The zero-order valence-electron chi connectivity index (χ0n) is 14.2. The number of benzene rings is 1. The maximum absolute atomic E-state index is 12.4. The molecule has 4 unspecified atom stereocenters. The van der Waals surface area contributed by atoms with Crippen LogP contribution < -0.4 is 5.32 Å². The van der Waals surface area contributed by atoms with E-state index >= 15 is 0 Å². The maximum atomic E-state index is 12.4. The van der Waals surface area contributed by atoms with Gasteiger partial charge in [0.1, 0.15) is 0 Å². The third-order valence-electron chi connectivity index (χ3n) is 4.79. The summed E-state index contributed by atoms with van der Waals surface area (Å²) in [7, 11) is 1.40. The molecule has 7 heteroatoms. The molecule has 2 aliphatic heterocycles. The van der Waals surface area contributed by atoms with Crippen LogP contribution in [0.5, 0.6) is 0 Å². The molecule has 2 amide bonds. The van der Waals surface area contributed by atoms with Crippen LogP contribution in [-0.4, -0.2) is 52.5 Å². The molecule has 0 radical (unpaired) electrons. The summed E-state index contributed by atoms with van der Waals surface area (Å²) in [6, 6.07) is 10.2. The number of rotatable bonds is 7. The van der Waals surface area contributed by atoms with Gasteiger partial charge in [0.15, 0.2) is 0 Å². The second kappa shape index (κ2) is 8.32. The Kier molecular flexibility index (Phi) is 6.12. The highest BCUT2D eigenvalue weighted by Crippen LogP contribution is 2.40. The fourth-order valence-corrected chi connectivity index (χ4v) is 5.63. The molecule has 2 fully saturated rings. The van der Waals surface area contributed by atoms with Crippen molar-refractivity contribution in [2.24, 2.45) is 0 Å². The van der Waals surface area contributed by atoms with Gasteiger partial charge in [-0.15, -0.1) is 11.6 Å². The van der Waals surface area contributed by atoms with E-state index in [0.29, 0.717) is 19.4 Å². The minimum atomic E-state index is -0.204. The molecule has 0 saturated carbocycles. The van der Waals surface area contributed by atoms with Crippen molar-refractivity contribution >= 4 is 35.4 Å². The summed E-state index contributed by atoms with van der Waals surface area (Å²) in [6.07, 6.45) is 1.83. The Balaban J connectivity index is 1.63. The lowest BCUT2D eigenvalue weighted by molar-refractivity contribution is -0.140. The number of carbonyl (C=O) groups is 2. The lowest BCUT2D eigenvalue weighted by Gasteiger charge is -2.30. The van der Waals surface area contributed by atoms with Crippen molar-refractivity contribution in [3.8, 4) is 0 Å². The number of amides is 2. The molecule has 4 atom stereocenters. The Morgan fingerprint density at radius 2 is 2.20 bits per heavy atom. The SMILES string of the molecule is COC(=O)CCCC(Cl)C1SCC2NC(=O)N(Cc3ccccc3)C21. The normalized spacial score (nSPS) is 26.2. The summed E-state index contributed by atoms with van der Waals surface area (Å²) in [5, 5.41) is 3.19. The number of alkyl halides is 1. The van der Waals surface area contributed by atoms with Crippen LogP contribution in [0, 0.1) is 0 Å². The Labute approximate surface area is 157 Å². The van der Waals surface area contributed by atoms with E-state index in [-0.39, 0.29) is 34.7 Å². The number of nitrogens with zero attached hydrogens (tertiary/aromatic N) is 1. The first kappa shape index (κ1) is 18.4. The number of hydrogen-bond acceptors (Lipinski definition) is 4. The summed E-state index contributed by atoms with van der Waals surface area (Å²) in [6.45, 7) is 0.594. The summed E-state index contributed by atoms with van der Waals surface area (Å²) < 4.78 is 4.67. The van der Waals surface area contributed by atoms with Gasteiger partial charge >= 0.3 is 12.0 Å². The van der Waals surface area contributed by atoms with E-state index < -0.39 is 0 Å². The topological polar surface area (TPSA) is 58.6 Å². The van der Waals surface area contributed by atoms with Gasteiger partial charge in [0, 0.05) is 29.3 Å². The number of hydrogen-bond donors (Lipinski definition) is 1. The number of nitrogens with one attached hydrogen (secondary N) is 1. The molecule has 0 aromatic heterocycles. The largest absolute Gasteiger partial charge is 0.469 e. The fraction of sp³-hybridized carbons (Fsp3) is 0.556. The highest BCUT2D eigenvalue weighted by molar-refractivity contribution is 8.00. The molecule has 5 nitrogen and oxygen atoms in total. The van der Waals surface area contributed by atoms with Crippen molar-refractivity contribution in [2.45, 2.75) is 48.5 Å². The summed E-state index contributed by atoms with van der Waals surface area (Å²) in [5.74, 6) is 0.677. The molecule has 1 N–H and O–H groups in total. The Morgan fingerprint density at radius 3 is 2.92 bits per heavy atom. The Morgan fingerprint density at radius 1 is 1.44 bits per heavy atom. The van der Waals surface area contributed by atoms with Gasteiger partial charge < -0.3 is 15.0 Å². The van der Waals surface area contributed by atoms with E-state index in [0.717, 1.165) is 17.7 Å². The molecule has 2 saturated heterocycles. The van der Waals surface area contributed by atoms with E-state index in [9.17, 15) is 9.59 Å². The first-order valence-corrected chi connectivity index (χ1v) is 10.0. The van der Waals surface area contributed by atoms with Crippen LogP contribution in [0.1, 0.15) is 24.8 Å². The van der Waals surface area contributed by atoms with Crippen LogP contribution in [0.25, 0.3) is 0 Å². The van der Waals surface area contributed by atoms with Crippen molar-refractivity contribution in [1.82, 2.24) is 10.2 Å². The molecule has 2 aliphatic rings. The van der Waals surface area contributed by atoms with Crippen molar-refractivity contribution in [3.63, 3.8) is 0 Å². The zero-order chi connectivity index (χ0) is 17.8. The lowest BCUT2D eigenvalue weighted by atomic mass is 10.0. The van der Waals surface area contributed by atoms with Crippen molar-refractivity contribution in [2.75, 3.05) is 12.9 Å². The maximum Gasteiger partial charge on any atom is 0.318 e. The van der Waals surface area contributed by atoms with Crippen molar-refractivity contribution in [3.05, 3.63) is 35.9 Å². The van der Waals surface area contributed by atoms with Gasteiger partial charge in [-0.25, -0.2) is 4.79 Å². The number of methoxy groups -OCH3 is 1. The van der Waals surface area contributed by atoms with Gasteiger partial charge in [0.25, 0.3) is 0 Å². The number of esters is 1. The second-order valence-corrected chi connectivity index (χ2v) is 8.21. The van der Waals surface area contributed by atoms with Crippen LogP contribution in [-0.2, 0) is 16.1 Å². The van der Waals surface area contributed by atoms with Gasteiger partial charge in [-0.3, -0.25) is 4.79 Å². The highest BCUT2D eigenvalue weighted by Gasteiger charge is 2.50. The number of urea groups is 1. The summed E-state index contributed by atoms with van der Waals surface area (Å²) in [5.41, 5.74) is 1.12. The molecular weight excluding hydrogens is 360 g/mol. The van der Waals surface area contributed by atoms with Crippen LogP contribution in [0.15, 0.2) is 30.3 Å². The minimum Gasteiger partial charge on any atom is -0.469 e. The number of carbonyl (C=O) groups excluding carboxylic acids is 2. The first-order valence-electron chi connectivity index (χ1n) is 8.53. The van der Waals surface area contributed by atoms with Crippen molar-refractivity contribution < 1.29 is 14.3 Å². The first-order chi connectivity index (χ1) is 12.1. The predicted molar refractivity (Wildman–Crippen MR) is 99.8 cm³/mol. The zero-order valence-corrected chi connectivity index (χ0v) is 15.8. The molecule has 2 heterocycles. The van der Waals surface area contributed by atoms with Crippen LogP contribution in [0.3, 0.4) is 0 Å². The van der Waals surface area contributed by atoms with Gasteiger partial charge in [0.2, 0.25) is 0 Å². The third kappa shape index (κ3) is 4.23. The molecule has 1 aromatic carbocycles. The van der Waals surface area contributed by atoms with E-state index in [4.69, 9.17) is 11.6 Å². The number of thioether (sulfide) groups is 1. The Bertz CT molecular complexity index is 616.